The predicted molar refractivity (Wildman–Crippen MR) is 163 cm³/mol. The molecule has 0 aliphatic carbocycles. The van der Waals surface area contributed by atoms with Gasteiger partial charge in [-0.05, 0) is 93.4 Å². The molecule has 0 fully saturated rings. The van der Waals surface area contributed by atoms with Crippen LogP contribution in [0.2, 0.25) is 0 Å². The fraction of sp³-hybridized carbons (Fsp3) is 0.700. The van der Waals surface area contributed by atoms with Gasteiger partial charge in [0.2, 0.25) is 5.91 Å². The second kappa shape index (κ2) is 20.6. The van der Waals surface area contributed by atoms with Gasteiger partial charge in [0.1, 0.15) is 11.6 Å². The van der Waals surface area contributed by atoms with Crippen LogP contribution in [0.15, 0.2) is 34.9 Å². The molecule has 4 N–H and O–H groups in total. The molecule has 0 aromatic carbocycles. The van der Waals surface area contributed by atoms with Crippen LogP contribution in [0.1, 0.15) is 93.4 Å². The van der Waals surface area contributed by atoms with E-state index < -0.39 is 29.7 Å². The topological polar surface area (TPSA) is 120 Å². The van der Waals surface area contributed by atoms with Crippen molar-refractivity contribution in [2.45, 2.75) is 111 Å². The minimum atomic E-state index is -0.757. The van der Waals surface area contributed by atoms with Crippen LogP contribution in [0.3, 0.4) is 0 Å². The standard InChI is InChI=1S/C30H53N3O5S/c1-22(2)13-11-14-23(3)15-12-16-24(4)18-20-39-21-26(28(35)37-8)33-27(34)25(31)17-9-10-19-32-29(36)38-30(5,6)7/h13,15,18,25-26H,9-12,14,16-17,19-21,31H2,1-8H3,(H,32,36)(H,33,34)/b23-15+,24-18+/t25-,26-/m0/s1. The predicted octanol–water partition coefficient (Wildman–Crippen LogP) is 5.82. The van der Waals surface area contributed by atoms with E-state index in [1.807, 2.05) is 0 Å². The number of nitrogens with two attached hydrogens (primary N) is 1. The molecule has 8 nitrogen and oxygen atoms in total. The number of esters is 1. The molecule has 0 unspecified atom stereocenters. The normalized spacial score (nSPS) is 13.8. The molecule has 224 valence electrons. The summed E-state index contributed by atoms with van der Waals surface area (Å²) in [6.45, 7) is 14.4. The molecule has 0 aromatic heterocycles. The first-order chi connectivity index (χ1) is 18.2. The number of hydrogen-bond donors (Lipinski definition) is 3. The lowest BCUT2D eigenvalue weighted by atomic mass is 10.1. The number of hydrogen-bond acceptors (Lipinski definition) is 7. The molecular weight excluding hydrogens is 514 g/mol. The maximum atomic E-state index is 12.6. The SMILES string of the molecule is COC(=O)[C@H](CSC/C=C(\C)CC/C=C(\C)CCC=C(C)C)NC(=O)[C@@H](N)CCCCNC(=O)OC(C)(C)C. The van der Waals surface area contributed by atoms with E-state index in [1.165, 1.54) is 23.8 Å². The van der Waals surface area contributed by atoms with E-state index in [-0.39, 0.29) is 5.91 Å². The number of amides is 2. The first-order valence-corrected chi connectivity index (χ1v) is 15.0. The zero-order valence-corrected chi connectivity index (χ0v) is 26.3. The third-order valence-corrected chi connectivity index (χ3v) is 6.68. The Balaban J connectivity index is 4.40. The highest BCUT2D eigenvalue weighted by Gasteiger charge is 2.24. The molecule has 2 amide bonds. The summed E-state index contributed by atoms with van der Waals surface area (Å²) in [5, 5.41) is 5.41. The van der Waals surface area contributed by atoms with Crippen molar-refractivity contribution >= 4 is 29.7 Å². The van der Waals surface area contributed by atoms with Gasteiger partial charge in [0.05, 0.1) is 13.2 Å². The first-order valence-electron chi connectivity index (χ1n) is 13.9. The molecule has 0 aliphatic heterocycles. The van der Waals surface area contributed by atoms with Crippen molar-refractivity contribution in [2.75, 3.05) is 25.2 Å². The van der Waals surface area contributed by atoms with Crippen LogP contribution in [0, 0.1) is 0 Å². The number of nitrogens with one attached hydrogen (secondary N) is 2. The molecule has 0 spiro atoms. The third kappa shape index (κ3) is 21.3. The molecule has 0 heterocycles. The maximum absolute atomic E-state index is 12.6. The Morgan fingerprint density at radius 3 is 2.15 bits per heavy atom. The minimum absolute atomic E-state index is 0.385. The summed E-state index contributed by atoms with van der Waals surface area (Å²) >= 11 is 1.56. The number of rotatable bonds is 18. The van der Waals surface area contributed by atoms with Crippen molar-refractivity contribution < 1.29 is 23.9 Å². The van der Waals surface area contributed by atoms with Gasteiger partial charge in [-0.2, -0.15) is 11.8 Å². The molecule has 0 rings (SSSR count). The molecule has 0 aromatic rings. The number of carbonyl (C=O) groups is 3. The van der Waals surface area contributed by atoms with E-state index in [1.54, 1.807) is 32.5 Å². The maximum Gasteiger partial charge on any atom is 0.407 e. The number of unbranched alkanes of at least 4 members (excludes halogenated alkanes) is 1. The Morgan fingerprint density at radius 1 is 0.949 bits per heavy atom. The Hall–Kier alpha value is -2.26. The Labute approximate surface area is 241 Å². The van der Waals surface area contributed by atoms with Crippen molar-refractivity contribution in [1.29, 1.82) is 0 Å². The van der Waals surface area contributed by atoms with Crippen LogP contribution in [-0.2, 0) is 19.1 Å². The van der Waals surface area contributed by atoms with E-state index in [9.17, 15) is 14.4 Å². The number of ether oxygens (including phenoxy) is 2. The summed E-state index contributed by atoms with van der Waals surface area (Å²) in [7, 11) is 1.31. The number of thioether (sulfide) groups is 1. The largest absolute Gasteiger partial charge is 0.467 e. The van der Waals surface area contributed by atoms with Gasteiger partial charge < -0.3 is 25.8 Å². The van der Waals surface area contributed by atoms with Crippen LogP contribution in [0.5, 0.6) is 0 Å². The van der Waals surface area contributed by atoms with Crippen molar-refractivity contribution in [3.63, 3.8) is 0 Å². The molecule has 0 aliphatic rings. The zero-order chi connectivity index (χ0) is 29.8. The molecule has 0 bridgehead atoms. The quantitative estimate of drug-likeness (QED) is 0.108. The van der Waals surface area contributed by atoms with Crippen LogP contribution in [-0.4, -0.2) is 60.8 Å². The van der Waals surface area contributed by atoms with Gasteiger partial charge in [0, 0.05) is 18.1 Å². The number of carbonyl (C=O) groups excluding carboxylic acids is 3. The first kappa shape index (κ1) is 36.7. The van der Waals surface area contributed by atoms with Crippen molar-refractivity contribution in [1.82, 2.24) is 10.6 Å². The minimum Gasteiger partial charge on any atom is -0.467 e. The van der Waals surface area contributed by atoms with Crippen molar-refractivity contribution in [3.05, 3.63) is 34.9 Å². The van der Waals surface area contributed by atoms with Gasteiger partial charge in [-0.15, -0.1) is 0 Å². The van der Waals surface area contributed by atoms with Gasteiger partial charge in [-0.25, -0.2) is 9.59 Å². The summed E-state index contributed by atoms with van der Waals surface area (Å²) in [4.78, 5) is 36.4. The van der Waals surface area contributed by atoms with E-state index in [2.05, 4.69) is 56.6 Å². The molecule has 0 saturated carbocycles. The molecule has 2 atom stereocenters. The van der Waals surface area contributed by atoms with Crippen LogP contribution < -0.4 is 16.4 Å². The second-order valence-electron chi connectivity index (χ2n) is 11.1. The molecule has 0 radical (unpaired) electrons. The lowest BCUT2D eigenvalue weighted by Crippen LogP contribution is -2.50. The van der Waals surface area contributed by atoms with Crippen LogP contribution >= 0.6 is 11.8 Å². The summed E-state index contributed by atoms with van der Waals surface area (Å²) in [6, 6.07) is -1.50. The summed E-state index contributed by atoms with van der Waals surface area (Å²) in [6.07, 6.45) is 12.2. The number of alkyl carbamates (subject to hydrolysis) is 1. The summed E-state index contributed by atoms with van der Waals surface area (Å²) < 4.78 is 10.1. The van der Waals surface area contributed by atoms with Gasteiger partial charge in [-0.1, -0.05) is 34.9 Å². The molecular formula is C30H53N3O5S. The highest BCUT2D eigenvalue weighted by atomic mass is 32.2. The Morgan fingerprint density at radius 2 is 1.56 bits per heavy atom. The fourth-order valence-electron chi connectivity index (χ4n) is 3.44. The van der Waals surface area contributed by atoms with E-state index in [0.717, 1.165) is 31.4 Å². The Bertz CT molecular complexity index is 842. The molecule has 9 heteroatoms. The van der Waals surface area contributed by atoms with Crippen molar-refractivity contribution in [2.24, 2.45) is 5.73 Å². The molecule has 39 heavy (non-hydrogen) atoms. The third-order valence-electron chi connectivity index (χ3n) is 5.71. The lowest BCUT2D eigenvalue weighted by Gasteiger charge is -2.20. The number of allylic oxidation sites excluding steroid dienone is 5. The summed E-state index contributed by atoms with van der Waals surface area (Å²) in [5.74, 6) is 0.274. The van der Waals surface area contributed by atoms with Crippen LogP contribution in [0.4, 0.5) is 4.79 Å². The van der Waals surface area contributed by atoms with Gasteiger partial charge in [0.15, 0.2) is 0 Å². The smallest absolute Gasteiger partial charge is 0.407 e. The zero-order valence-electron chi connectivity index (χ0n) is 25.5. The van der Waals surface area contributed by atoms with E-state index >= 15 is 0 Å². The van der Waals surface area contributed by atoms with E-state index in [4.69, 9.17) is 15.2 Å². The highest BCUT2D eigenvalue weighted by molar-refractivity contribution is 7.99. The summed E-state index contributed by atoms with van der Waals surface area (Å²) in [5.41, 5.74) is 9.57. The monoisotopic (exact) mass is 567 g/mol. The van der Waals surface area contributed by atoms with Gasteiger partial charge >= 0.3 is 12.1 Å². The number of methoxy groups -OCH3 is 1. The Kier molecular flexibility index (Phi) is 19.4. The fourth-order valence-corrected chi connectivity index (χ4v) is 4.43. The van der Waals surface area contributed by atoms with E-state index in [0.29, 0.717) is 31.6 Å². The van der Waals surface area contributed by atoms with Crippen LogP contribution in [0.25, 0.3) is 0 Å². The van der Waals surface area contributed by atoms with Gasteiger partial charge in [-0.3, -0.25) is 4.79 Å². The lowest BCUT2D eigenvalue weighted by molar-refractivity contribution is -0.144. The van der Waals surface area contributed by atoms with Gasteiger partial charge in [0.25, 0.3) is 0 Å². The second-order valence-corrected chi connectivity index (χ2v) is 12.2. The average molecular weight is 568 g/mol. The average Bonchev–Trinajstić information content (AvgIpc) is 2.83. The molecule has 0 saturated heterocycles. The highest BCUT2D eigenvalue weighted by Crippen LogP contribution is 2.13. The van der Waals surface area contributed by atoms with Crippen molar-refractivity contribution in [3.8, 4) is 0 Å².